The minimum atomic E-state index is 0.835. The number of nitrogens with zero attached hydrogens (tertiary/aromatic N) is 1. The van der Waals surface area contributed by atoms with Gasteiger partial charge >= 0.3 is 0 Å². The molecule has 0 aromatic rings. The van der Waals surface area contributed by atoms with Gasteiger partial charge in [0.15, 0.2) is 0 Å². The molecule has 0 heterocycles. The van der Waals surface area contributed by atoms with Gasteiger partial charge in [-0.3, -0.25) is 4.99 Å². The summed E-state index contributed by atoms with van der Waals surface area (Å²) in [6.07, 6.45) is 7.50. The van der Waals surface area contributed by atoms with Crippen molar-refractivity contribution >= 4 is 5.71 Å². The zero-order chi connectivity index (χ0) is 12.1. The maximum atomic E-state index is 4.65. The maximum absolute atomic E-state index is 4.65. The Hall–Kier alpha value is -0.850. The van der Waals surface area contributed by atoms with Crippen LogP contribution in [0.1, 0.15) is 60.3 Å². The molecule has 1 aliphatic rings. The lowest BCUT2D eigenvalue weighted by Crippen LogP contribution is -2.12. The van der Waals surface area contributed by atoms with E-state index in [2.05, 4.69) is 45.7 Å². The van der Waals surface area contributed by atoms with Crippen molar-refractivity contribution < 1.29 is 0 Å². The van der Waals surface area contributed by atoms with Crippen molar-refractivity contribution in [3.8, 4) is 0 Å². The van der Waals surface area contributed by atoms with Crippen molar-refractivity contribution in [2.45, 2.75) is 60.3 Å². The molecule has 1 saturated carbocycles. The Morgan fingerprint density at radius 2 is 1.81 bits per heavy atom. The standard InChI is InChI=1S/C15H25N/c1-6-11(2)14(5)16-13(4)10-12(3)15-8-7-9-15/h10,15H,6-9H2,1-5H3/b12-10+,14-11+,16-13+. The molecular weight excluding hydrogens is 194 g/mol. The van der Waals surface area contributed by atoms with Gasteiger partial charge in [0.05, 0.1) is 0 Å². The zero-order valence-electron chi connectivity index (χ0n) is 11.4. The van der Waals surface area contributed by atoms with Crippen LogP contribution in [-0.2, 0) is 0 Å². The van der Waals surface area contributed by atoms with Crippen LogP contribution in [0.4, 0.5) is 0 Å². The summed E-state index contributed by atoms with van der Waals surface area (Å²) in [5, 5.41) is 0. The lowest BCUT2D eigenvalue weighted by molar-refractivity contribution is 0.368. The molecule has 0 aromatic carbocycles. The van der Waals surface area contributed by atoms with Gasteiger partial charge in [0.1, 0.15) is 0 Å². The Labute approximate surface area is 100 Å². The van der Waals surface area contributed by atoms with E-state index in [1.165, 1.54) is 36.1 Å². The third-order valence-electron chi connectivity index (χ3n) is 3.68. The van der Waals surface area contributed by atoms with E-state index in [1.54, 1.807) is 0 Å². The second kappa shape index (κ2) is 6.03. The quantitative estimate of drug-likeness (QED) is 0.596. The summed E-state index contributed by atoms with van der Waals surface area (Å²) in [5.74, 6) is 0.835. The highest BCUT2D eigenvalue weighted by Crippen LogP contribution is 2.32. The highest BCUT2D eigenvalue weighted by molar-refractivity contribution is 5.94. The van der Waals surface area contributed by atoms with E-state index in [0.29, 0.717) is 0 Å². The van der Waals surface area contributed by atoms with E-state index in [9.17, 15) is 0 Å². The van der Waals surface area contributed by atoms with E-state index in [4.69, 9.17) is 0 Å². The Balaban J connectivity index is 2.69. The molecule has 1 nitrogen and oxygen atoms in total. The van der Waals surface area contributed by atoms with Gasteiger partial charge in [-0.2, -0.15) is 0 Å². The Morgan fingerprint density at radius 1 is 1.19 bits per heavy atom. The average molecular weight is 219 g/mol. The van der Waals surface area contributed by atoms with Crippen molar-refractivity contribution in [2.75, 3.05) is 0 Å². The van der Waals surface area contributed by atoms with Crippen molar-refractivity contribution in [3.05, 3.63) is 22.9 Å². The third kappa shape index (κ3) is 3.62. The molecule has 1 rings (SSSR count). The number of hydrogen-bond donors (Lipinski definition) is 0. The minimum absolute atomic E-state index is 0.835. The summed E-state index contributed by atoms with van der Waals surface area (Å²) in [5.41, 5.74) is 5.22. The van der Waals surface area contributed by atoms with Crippen LogP contribution in [0.5, 0.6) is 0 Å². The summed E-state index contributed by atoms with van der Waals surface area (Å²) in [6.45, 7) is 10.8. The topological polar surface area (TPSA) is 12.4 Å². The number of rotatable bonds is 4. The average Bonchev–Trinajstić information content (AvgIpc) is 2.12. The van der Waals surface area contributed by atoms with Gasteiger partial charge in [0.25, 0.3) is 0 Å². The van der Waals surface area contributed by atoms with Crippen molar-refractivity contribution in [2.24, 2.45) is 10.9 Å². The van der Waals surface area contributed by atoms with Crippen LogP contribution in [0.2, 0.25) is 0 Å². The van der Waals surface area contributed by atoms with Gasteiger partial charge in [-0.1, -0.05) is 24.5 Å². The number of aliphatic imine (C=N–C) groups is 1. The molecule has 0 spiro atoms. The maximum Gasteiger partial charge on any atom is 0.0375 e. The lowest BCUT2D eigenvalue weighted by atomic mass is 9.80. The minimum Gasteiger partial charge on any atom is -0.259 e. The predicted molar refractivity (Wildman–Crippen MR) is 72.9 cm³/mol. The monoisotopic (exact) mass is 219 g/mol. The van der Waals surface area contributed by atoms with Crippen molar-refractivity contribution in [1.82, 2.24) is 0 Å². The molecule has 0 amide bonds. The first-order chi connectivity index (χ1) is 7.54. The summed E-state index contributed by atoms with van der Waals surface area (Å²) < 4.78 is 0. The lowest BCUT2D eigenvalue weighted by Gasteiger charge is -2.26. The SMILES string of the molecule is CC/C(C)=C(C)/N=C(C)/C=C(\C)C1CCC1. The molecule has 0 bridgehead atoms. The second-order valence-corrected chi connectivity index (χ2v) is 4.99. The van der Waals surface area contributed by atoms with Gasteiger partial charge < -0.3 is 0 Å². The number of allylic oxidation sites excluding steroid dienone is 4. The van der Waals surface area contributed by atoms with Crippen molar-refractivity contribution in [3.63, 3.8) is 0 Å². The molecule has 1 aliphatic carbocycles. The first kappa shape index (κ1) is 13.2. The van der Waals surface area contributed by atoms with Crippen LogP contribution in [0.15, 0.2) is 27.9 Å². The summed E-state index contributed by atoms with van der Waals surface area (Å²) in [4.78, 5) is 4.65. The van der Waals surface area contributed by atoms with Crippen LogP contribution in [0.3, 0.4) is 0 Å². The molecule has 0 aromatic heterocycles. The Bertz CT molecular complexity index is 327. The molecule has 1 heteroatoms. The summed E-state index contributed by atoms with van der Waals surface area (Å²) >= 11 is 0. The molecule has 16 heavy (non-hydrogen) atoms. The Kier molecular flexibility index (Phi) is 4.98. The molecule has 0 aliphatic heterocycles. The van der Waals surface area contributed by atoms with Crippen molar-refractivity contribution in [1.29, 1.82) is 0 Å². The van der Waals surface area contributed by atoms with Crippen LogP contribution in [0, 0.1) is 5.92 Å². The van der Waals surface area contributed by atoms with E-state index in [0.717, 1.165) is 18.1 Å². The summed E-state index contributed by atoms with van der Waals surface area (Å²) in [6, 6.07) is 0. The van der Waals surface area contributed by atoms with E-state index >= 15 is 0 Å². The van der Waals surface area contributed by atoms with Crippen LogP contribution >= 0.6 is 0 Å². The van der Waals surface area contributed by atoms with Gasteiger partial charge in [-0.25, -0.2) is 0 Å². The van der Waals surface area contributed by atoms with Gasteiger partial charge in [0.2, 0.25) is 0 Å². The van der Waals surface area contributed by atoms with Crippen LogP contribution < -0.4 is 0 Å². The molecule has 0 atom stereocenters. The molecular formula is C15H25N. The second-order valence-electron chi connectivity index (χ2n) is 4.99. The van der Waals surface area contributed by atoms with E-state index in [-0.39, 0.29) is 0 Å². The highest BCUT2D eigenvalue weighted by Gasteiger charge is 2.18. The normalized spacial score (nSPS) is 20.6. The van der Waals surface area contributed by atoms with Gasteiger partial charge in [0, 0.05) is 11.4 Å². The van der Waals surface area contributed by atoms with E-state index in [1.807, 2.05) is 0 Å². The van der Waals surface area contributed by atoms with Crippen LogP contribution in [0.25, 0.3) is 0 Å². The highest BCUT2D eigenvalue weighted by atomic mass is 14.7. The fourth-order valence-electron chi connectivity index (χ4n) is 1.96. The largest absolute Gasteiger partial charge is 0.259 e. The Morgan fingerprint density at radius 3 is 2.25 bits per heavy atom. The fraction of sp³-hybridized carbons (Fsp3) is 0.667. The van der Waals surface area contributed by atoms with Crippen LogP contribution in [-0.4, -0.2) is 5.71 Å². The van der Waals surface area contributed by atoms with Gasteiger partial charge in [-0.05, 0) is 59.0 Å². The zero-order valence-corrected chi connectivity index (χ0v) is 11.4. The molecule has 90 valence electrons. The first-order valence-corrected chi connectivity index (χ1v) is 6.44. The predicted octanol–water partition coefficient (Wildman–Crippen LogP) is 4.90. The molecule has 0 radical (unpaired) electrons. The third-order valence-corrected chi connectivity index (χ3v) is 3.68. The molecule has 0 unspecified atom stereocenters. The van der Waals surface area contributed by atoms with E-state index < -0.39 is 0 Å². The van der Waals surface area contributed by atoms with Gasteiger partial charge in [-0.15, -0.1) is 0 Å². The fourth-order valence-corrected chi connectivity index (χ4v) is 1.96. The molecule has 0 saturated heterocycles. The molecule has 1 fully saturated rings. The summed E-state index contributed by atoms with van der Waals surface area (Å²) in [7, 11) is 0. The molecule has 0 N–H and O–H groups in total. The smallest absolute Gasteiger partial charge is 0.0375 e. The number of hydrogen-bond acceptors (Lipinski definition) is 1. The first-order valence-electron chi connectivity index (χ1n) is 6.44.